The molecule has 20 heavy (non-hydrogen) atoms. The van der Waals surface area contributed by atoms with Gasteiger partial charge in [-0.15, -0.1) is 0 Å². The van der Waals surface area contributed by atoms with Crippen molar-refractivity contribution in [1.82, 2.24) is 10.3 Å². The third kappa shape index (κ3) is 3.07. The number of rotatable bonds is 4. The van der Waals surface area contributed by atoms with Gasteiger partial charge in [0.25, 0.3) is 0 Å². The smallest absolute Gasteiger partial charge is 0.0753 e. The first-order valence-corrected chi connectivity index (χ1v) is 7.55. The van der Waals surface area contributed by atoms with Crippen molar-refractivity contribution in [3.05, 3.63) is 66.0 Å². The molecule has 0 bridgehead atoms. The Balaban J connectivity index is 1.84. The van der Waals surface area contributed by atoms with Gasteiger partial charge in [-0.25, -0.2) is 0 Å². The number of hydrogen-bond acceptors (Lipinski definition) is 2. The zero-order valence-electron chi connectivity index (χ0n) is 12.0. The molecule has 3 rings (SSSR count). The van der Waals surface area contributed by atoms with Gasteiger partial charge in [0, 0.05) is 12.2 Å². The number of aromatic nitrogens is 1. The zero-order chi connectivity index (χ0) is 13.8. The summed E-state index contributed by atoms with van der Waals surface area (Å²) in [7, 11) is 0. The first-order valence-electron chi connectivity index (χ1n) is 7.55. The third-order valence-electron chi connectivity index (χ3n) is 4.21. The number of pyridine rings is 1. The van der Waals surface area contributed by atoms with Crippen LogP contribution in [0.25, 0.3) is 0 Å². The third-order valence-corrected chi connectivity index (χ3v) is 4.21. The molecule has 1 N–H and O–H groups in total. The van der Waals surface area contributed by atoms with E-state index < -0.39 is 0 Å². The number of nitrogens with zero attached hydrogens (tertiary/aromatic N) is 1. The van der Waals surface area contributed by atoms with Crippen LogP contribution < -0.4 is 5.32 Å². The van der Waals surface area contributed by atoms with Gasteiger partial charge in [0.2, 0.25) is 0 Å². The fourth-order valence-electron chi connectivity index (χ4n) is 3.14. The topological polar surface area (TPSA) is 24.9 Å². The highest BCUT2D eigenvalue weighted by molar-refractivity contribution is 5.27. The second kappa shape index (κ2) is 6.19. The van der Waals surface area contributed by atoms with E-state index in [1.807, 2.05) is 12.3 Å². The van der Waals surface area contributed by atoms with Gasteiger partial charge in [0.15, 0.2) is 0 Å². The van der Waals surface area contributed by atoms with Crippen molar-refractivity contribution in [1.29, 1.82) is 0 Å². The molecule has 2 heteroatoms. The normalized spacial score (nSPS) is 23.6. The van der Waals surface area contributed by atoms with Gasteiger partial charge in [-0.2, -0.15) is 0 Å². The van der Waals surface area contributed by atoms with E-state index in [0.717, 1.165) is 11.6 Å². The SMILES string of the molecule is CC1CCC(NC(c2ccccc2)c2ccccn2)C1. The maximum absolute atomic E-state index is 4.55. The number of hydrogen-bond donors (Lipinski definition) is 1. The van der Waals surface area contributed by atoms with Crippen LogP contribution in [0, 0.1) is 5.92 Å². The summed E-state index contributed by atoms with van der Waals surface area (Å²) in [4.78, 5) is 4.55. The van der Waals surface area contributed by atoms with E-state index in [2.05, 4.69) is 59.7 Å². The Morgan fingerprint density at radius 1 is 1.05 bits per heavy atom. The molecule has 0 amide bonds. The quantitative estimate of drug-likeness (QED) is 0.906. The molecule has 1 aromatic heterocycles. The van der Waals surface area contributed by atoms with Crippen molar-refractivity contribution in [2.45, 2.75) is 38.3 Å². The minimum atomic E-state index is 0.202. The minimum Gasteiger partial charge on any atom is -0.302 e. The van der Waals surface area contributed by atoms with Crippen LogP contribution in [-0.2, 0) is 0 Å². The van der Waals surface area contributed by atoms with Crippen molar-refractivity contribution in [2.24, 2.45) is 5.92 Å². The first-order chi connectivity index (χ1) is 9.83. The molecule has 2 aromatic rings. The molecule has 1 aromatic carbocycles. The Morgan fingerprint density at radius 3 is 2.50 bits per heavy atom. The van der Waals surface area contributed by atoms with E-state index in [1.165, 1.54) is 24.8 Å². The molecule has 1 aliphatic rings. The largest absolute Gasteiger partial charge is 0.302 e. The molecule has 1 saturated carbocycles. The van der Waals surface area contributed by atoms with Crippen molar-refractivity contribution in [2.75, 3.05) is 0 Å². The summed E-state index contributed by atoms with van der Waals surface area (Å²) in [6.07, 6.45) is 5.76. The number of nitrogens with one attached hydrogen (secondary N) is 1. The lowest BCUT2D eigenvalue weighted by atomic mass is 10.0. The molecule has 3 unspecified atom stereocenters. The lowest BCUT2D eigenvalue weighted by Gasteiger charge is -2.23. The summed E-state index contributed by atoms with van der Waals surface area (Å²) < 4.78 is 0. The van der Waals surface area contributed by atoms with Gasteiger partial charge in [0.05, 0.1) is 11.7 Å². The number of benzene rings is 1. The summed E-state index contributed by atoms with van der Waals surface area (Å²) in [5, 5.41) is 3.82. The van der Waals surface area contributed by atoms with E-state index >= 15 is 0 Å². The Hall–Kier alpha value is -1.67. The van der Waals surface area contributed by atoms with Crippen LogP contribution in [-0.4, -0.2) is 11.0 Å². The summed E-state index contributed by atoms with van der Waals surface area (Å²) in [6, 6.07) is 17.6. The van der Waals surface area contributed by atoms with Crippen molar-refractivity contribution >= 4 is 0 Å². The molecule has 1 heterocycles. The van der Waals surface area contributed by atoms with Crippen LogP contribution in [0.5, 0.6) is 0 Å². The molecule has 0 spiro atoms. The average Bonchev–Trinajstić information content (AvgIpc) is 2.92. The van der Waals surface area contributed by atoms with Crippen LogP contribution in [0.4, 0.5) is 0 Å². The Kier molecular flexibility index (Phi) is 4.12. The van der Waals surface area contributed by atoms with Crippen LogP contribution in [0.1, 0.15) is 43.5 Å². The van der Waals surface area contributed by atoms with Gasteiger partial charge < -0.3 is 5.32 Å². The van der Waals surface area contributed by atoms with Gasteiger partial charge in [-0.1, -0.05) is 43.3 Å². The molecular formula is C18H22N2. The van der Waals surface area contributed by atoms with E-state index in [4.69, 9.17) is 0 Å². The van der Waals surface area contributed by atoms with Crippen molar-refractivity contribution in [3.8, 4) is 0 Å². The van der Waals surface area contributed by atoms with Crippen LogP contribution in [0.3, 0.4) is 0 Å². The van der Waals surface area contributed by atoms with Crippen molar-refractivity contribution in [3.63, 3.8) is 0 Å². The molecule has 1 aliphatic carbocycles. The fourth-order valence-corrected chi connectivity index (χ4v) is 3.14. The molecular weight excluding hydrogens is 244 g/mol. The maximum Gasteiger partial charge on any atom is 0.0753 e. The highest BCUT2D eigenvalue weighted by Crippen LogP contribution is 2.29. The predicted octanol–water partition coefficient (Wildman–Crippen LogP) is 3.95. The predicted molar refractivity (Wildman–Crippen MR) is 82.5 cm³/mol. The molecule has 3 atom stereocenters. The van der Waals surface area contributed by atoms with E-state index in [1.54, 1.807) is 0 Å². The van der Waals surface area contributed by atoms with E-state index in [0.29, 0.717) is 6.04 Å². The lowest BCUT2D eigenvalue weighted by Crippen LogP contribution is -2.32. The zero-order valence-corrected chi connectivity index (χ0v) is 12.0. The summed E-state index contributed by atoms with van der Waals surface area (Å²) in [5.74, 6) is 0.840. The summed E-state index contributed by atoms with van der Waals surface area (Å²) in [5.41, 5.74) is 2.41. The molecule has 0 saturated heterocycles. The van der Waals surface area contributed by atoms with Crippen LogP contribution >= 0.6 is 0 Å². The molecule has 2 nitrogen and oxygen atoms in total. The van der Waals surface area contributed by atoms with E-state index in [9.17, 15) is 0 Å². The Bertz CT molecular complexity index is 484. The molecule has 1 fully saturated rings. The first kappa shape index (κ1) is 13.3. The van der Waals surface area contributed by atoms with Gasteiger partial charge >= 0.3 is 0 Å². The minimum absolute atomic E-state index is 0.202. The summed E-state index contributed by atoms with van der Waals surface area (Å²) in [6.45, 7) is 2.35. The average molecular weight is 266 g/mol. The fraction of sp³-hybridized carbons (Fsp3) is 0.389. The highest BCUT2D eigenvalue weighted by Gasteiger charge is 2.25. The van der Waals surface area contributed by atoms with Gasteiger partial charge in [-0.3, -0.25) is 4.98 Å². The summed E-state index contributed by atoms with van der Waals surface area (Å²) >= 11 is 0. The van der Waals surface area contributed by atoms with E-state index in [-0.39, 0.29) is 6.04 Å². The second-order valence-electron chi connectivity index (χ2n) is 5.88. The van der Waals surface area contributed by atoms with Crippen molar-refractivity contribution < 1.29 is 0 Å². The lowest BCUT2D eigenvalue weighted by molar-refractivity contribution is 0.459. The maximum atomic E-state index is 4.55. The molecule has 104 valence electrons. The Morgan fingerprint density at radius 2 is 1.85 bits per heavy atom. The van der Waals surface area contributed by atoms with Crippen LogP contribution in [0.2, 0.25) is 0 Å². The monoisotopic (exact) mass is 266 g/mol. The standard InChI is InChI=1S/C18H22N2/c1-14-10-11-16(13-14)20-18(15-7-3-2-4-8-15)17-9-5-6-12-19-17/h2-9,12,14,16,18,20H,10-11,13H2,1H3. The molecule has 0 aliphatic heterocycles. The Labute approximate surface area is 121 Å². The second-order valence-corrected chi connectivity index (χ2v) is 5.88. The molecule has 0 radical (unpaired) electrons. The van der Waals surface area contributed by atoms with Gasteiger partial charge in [0.1, 0.15) is 0 Å². The van der Waals surface area contributed by atoms with Gasteiger partial charge in [-0.05, 0) is 42.9 Å². The highest BCUT2D eigenvalue weighted by atomic mass is 15.0. The van der Waals surface area contributed by atoms with Crippen LogP contribution in [0.15, 0.2) is 54.7 Å².